The number of nitrogens with one attached hydrogen (secondary N) is 2. The van der Waals surface area contributed by atoms with Crippen molar-refractivity contribution in [2.45, 2.75) is 25.8 Å². The normalized spacial score (nSPS) is 15.2. The summed E-state index contributed by atoms with van der Waals surface area (Å²) in [6, 6.07) is 15.1. The summed E-state index contributed by atoms with van der Waals surface area (Å²) in [5.41, 5.74) is 8.33. The van der Waals surface area contributed by atoms with Gasteiger partial charge < -0.3 is 21.3 Å². The van der Waals surface area contributed by atoms with Crippen LogP contribution in [0, 0.1) is 11.3 Å². The molecule has 1 aliphatic rings. The number of hydrogen-bond donors (Lipinski definition) is 3. The number of nitrogen functional groups attached to an aromatic ring is 1. The molecule has 8 nitrogen and oxygen atoms in total. The Morgan fingerprint density at radius 2 is 2.10 bits per heavy atom. The Morgan fingerprint density at radius 3 is 2.87 bits per heavy atom. The van der Waals surface area contributed by atoms with Crippen LogP contribution in [0.3, 0.4) is 0 Å². The van der Waals surface area contributed by atoms with Crippen molar-refractivity contribution in [3.05, 3.63) is 48.0 Å². The highest BCUT2D eigenvalue weighted by Crippen LogP contribution is 2.29. The molecule has 1 unspecified atom stereocenters. The van der Waals surface area contributed by atoms with Gasteiger partial charge >= 0.3 is 0 Å². The minimum atomic E-state index is 0. The van der Waals surface area contributed by atoms with E-state index in [0.29, 0.717) is 35.9 Å². The molecule has 3 aromatic rings. The molecular formula is C22H24ClN7O. The topological polar surface area (TPSA) is 120 Å². The first kappa shape index (κ1) is 22.1. The summed E-state index contributed by atoms with van der Waals surface area (Å²) in [6.07, 6.45) is 1.35. The van der Waals surface area contributed by atoms with E-state index in [0.717, 1.165) is 29.7 Å². The first-order valence-electron chi connectivity index (χ1n) is 9.94. The van der Waals surface area contributed by atoms with Crippen molar-refractivity contribution in [1.29, 1.82) is 5.26 Å². The Morgan fingerprint density at radius 1 is 1.29 bits per heavy atom. The fourth-order valence-corrected chi connectivity index (χ4v) is 3.67. The zero-order valence-corrected chi connectivity index (χ0v) is 17.9. The van der Waals surface area contributed by atoms with E-state index in [2.05, 4.69) is 26.6 Å². The van der Waals surface area contributed by atoms with Gasteiger partial charge in [0.05, 0.1) is 17.1 Å². The number of benzene rings is 2. The third-order valence-electron chi connectivity index (χ3n) is 5.10. The van der Waals surface area contributed by atoms with E-state index in [1.807, 2.05) is 31.2 Å². The summed E-state index contributed by atoms with van der Waals surface area (Å²) in [6.45, 7) is 3.35. The minimum absolute atomic E-state index is 0. The number of nitriles is 1. The molecule has 2 heterocycles. The van der Waals surface area contributed by atoms with Crippen molar-refractivity contribution in [3.8, 4) is 6.07 Å². The highest BCUT2D eigenvalue weighted by molar-refractivity contribution is 5.91. The number of hydrogen-bond acceptors (Lipinski definition) is 7. The molecule has 1 fully saturated rings. The van der Waals surface area contributed by atoms with Crippen LogP contribution in [0.5, 0.6) is 0 Å². The van der Waals surface area contributed by atoms with Crippen LogP contribution in [0.4, 0.5) is 23.1 Å². The maximum Gasteiger partial charge on any atom is 0.229 e. The predicted octanol–water partition coefficient (Wildman–Crippen LogP) is 3.35. The van der Waals surface area contributed by atoms with Crippen LogP contribution in [0.25, 0.3) is 10.9 Å². The molecule has 2 aromatic carbocycles. The fraction of sp³-hybridized carbons (Fsp3) is 0.273. The molecule has 160 valence electrons. The molecule has 1 aliphatic heterocycles. The summed E-state index contributed by atoms with van der Waals surface area (Å²) in [5.74, 6) is 1.31. The summed E-state index contributed by atoms with van der Waals surface area (Å²) in [5, 5.41) is 16.4. The van der Waals surface area contributed by atoms with Gasteiger partial charge in [-0.3, -0.25) is 4.79 Å². The van der Waals surface area contributed by atoms with E-state index < -0.39 is 0 Å². The molecule has 0 radical (unpaired) electrons. The van der Waals surface area contributed by atoms with Crippen molar-refractivity contribution in [2.75, 3.05) is 29.0 Å². The van der Waals surface area contributed by atoms with Gasteiger partial charge in [-0.1, -0.05) is 19.1 Å². The van der Waals surface area contributed by atoms with Gasteiger partial charge in [0.1, 0.15) is 5.82 Å². The van der Waals surface area contributed by atoms with Crippen molar-refractivity contribution in [1.82, 2.24) is 15.3 Å². The van der Waals surface area contributed by atoms with Gasteiger partial charge in [0, 0.05) is 42.3 Å². The fourth-order valence-electron chi connectivity index (χ4n) is 3.67. The van der Waals surface area contributed by atoms with E-state index in [4.69, 9.17) is 10.7 Å². The lowest BCUT2D eigenvalue weighted by molar-refractivity contribution is -0.121. The third-order valence-corrected chi connectivity index (χ3v) is 5.10. The number of fused-ring (bicyclic) bond motifs is 1. The number of nitrogens with zero attached hydrogens (tertiary/aromatic N) is 4. The van der Waals surface area contributed by atoms with E-state index >= 15 is 0 Å². The highest BCUT2D eigenvalue weighted by atomic mass is 35.5. The summed E-state index contributed by atoms with van der Waals surface area (Å²) in [4.78, 5) is 23.3. The Kier molecular flexibility index (Phi) is 6.78. The standard InChI is InChI=1S/C22H23N7O.ClH/c1-2-20(30)25-16-7-8-29(13-16)21-18-5-3-4-6-19(18)27-22(28-21)26-17-10-14(12-23)9-15(24)11-17;/h3-6,9-11,16H,2,7-8,13,24H2,1H3,(H,25,30)(H,26,27,28);1H. The lowest BCUT2D eigenvalue weighted by Crippen LogP contribution is -2.36. The summed E-state index contributed by atoms with van der Waals surface area (Å²) < 4.78 is 0. The molecule has 1 atom stereocenters. The number of nitrogens with two attached hydrogens (primary N) is 1. The second-order valence-corrected chi connectivity index (χ2v) is 7.32. The van der Waals surface area contributed by atoms with Crippen LogP contribution in [0.1, 0.15) is 25.3 Å². The maximum absolute atomic E-state index is 11.8. The molecule has 1 amide bonds. The molecule has 0 spiro atoms. The molecule has 0 bridgehead atoms. The van der Waals surface area contributed by atoms with Crippen molar-refractivity contribution in [2.24, 2.45) is 0 Å². The number of rotatable bonds is 5. The molecule has 31 heavy (non-hydrogen) atoms. The monoisotopic (exact) mass is 437 g/mol. The van der Waals surface area contributed by atoms with Gasteiger partial charge in [0.15, 0.2) is 0 Å². The number of para-hydroxylation sites is 1. The average Bonchev–Trinajstić information content (AvgIpc) is 3.20. The van der Waals surface area contributed by atoms with E-state index in [1.165, 1.54) is 0 Å². The molecule has 1 saturated heterocycles. The molecule has 0 aliphatic carbocycles. The summed E-state index contributed by atoms with van der Waals surface area (Å²) in [7, 11) is 0. The second-order valence-electron chi connectivity index (χ2n) is 7.32. The zero-order valence-electron chi connectivity index (χ0n) is 17.1. The minimum Gasteiger partial charge on any atom is -0.399 e. The lowest BCUT2D eigenvalue weighted by atomic mass is 10.2. The molecule has 4 rings (SSSR count). The van der Waals surface area contributed by atoms with Gasteiger partial charge in [-0.05, 0) is 36.8 Å². The Balaban J connectivity index is 0.00000272. The number of carbonyl (C=O) groups excluding carboxylic acids is 1. The average molecular weight is 438 g/mol. The quantitative estimate of drug-likeness (QED) is 0.523. The summed E-state index contributed by atoms with van der Waals surface area (Å²) >= 11 is 0. The maximum atomic E-state index is 11.8. The highest BCUT2D eigenvalue weighted by Gasteiger charge is 2.26. The largest absolute Gasteiger partial charge is 0.399 e. The van der Waals surface area contributed by atoms with Crippen molar-refractivity contribution in [3.63, 3.8) is 0 Å². The van der Waals surface area contributed by atoms with Crippen LogP contribution in [-0.2, 0) is 4.79 Å². The number of amides is 1. The number of carbonyl (C=O) groups is 1. The van der Waals surface area contributed by atoms with Crippen molar-refractivity contribution < 1.29 is 4.79 Å². The van der Waals surface area contributed by atoms with Crippen LogP contribution >= 0.6 is 12.4 Å². The molecule has 0 saturated carbocycles. The van der Waals surface area contributed by atoms with Gasteiger partial charge in [0.25, 0.3) is 0 Å². The van der Waals surface area contributed by atoms with Crippen LogP contribution < -0.4 is 21.3 Å². The SMILES string of the molecule is CCC(=O)NC1CCN(c2nc(Nc3cc(N)cc(C#N)c3)nc3ccccc23)C1.Cl. The van der Waals surface area contributed by atoms with Crippen LogP contribution in [0.15, 0.2) is 42.5 Å². The van der Waals surface area contributed by atoms with Gasteiger partial charge in [0.2, 0.25) is 11.9 Å². The number of anilines is 4. The predicted molar refractivity (Wildman–Crippen MR) is 125 cm³/mol. The first-order valence-corrected chi connectivity index (χ1v) is 9.94. The lowest BCUT2D eigenvalue weighted by Gasteiger charge is -2.20. The van der Waals surface area contributed by atoms with Gasteiger partial charge in [-0.2, -0.15) is 10.2 Å². The Labute approximate surface area is 186 Å². The second kappa shape index (κ2) is 9.49. The van der Waals surface area contributed by atoms with Crippen LogP contribution in [0.2, 0.25) is 0 Å². The van der Waals surface area contributed by atoms with E-state index in [1.54, 1.807) is 18.2 Å². The number of aromatic nitrogens is 2. The van der Waals surface area contributed by atoms with Crippen molar-refractivity contribution >= 4 is 52.4 Å². The molecule has 1 aromatic heterocycles. The zero-order chi connectivity index (χ0) is 21.1. The third kappa shape index (κ3) is 4.95. The van der Waals surface area contributed by atoms with E-state index in [9.17, 15) is 10.1 Å². The first-order chi connectivity index (χ1) is 14.6. The van der Waals surface area contributed by atoms with Crippen LogP contribution in [-0.4, -0.2) is 35.0 Å². The Bertz CT molecular complexity index is 1140. The number of halogens is 1. The molecule has 9 heteroatoms. The van der Waals surface area contributed by atoms with Gasteiger partial charge in [-0.25, -0.2) is 4.98 Å². The van der Waals surface area contributed by atoms with Gasteiger partial charge in [-0.15, -0.1) is 12.4 Å². The molecular weight excluding hydrogens is 414 g/mol. The van der Waals surface area contributed by atoms with E-state index in [-0.39, 0.29) is 24.4 Å². The smallest absolute Gasteiger partial charge is 0.229 e. The molecule has 4 N–H and O–H groups in total. The Hall–Kier alpha value is -3.57.